The SMILES string of the molecule is COc1ccc(Br)c2c(C(=O)CCc3ccc(N(C)C)cc3)ccnc12.COc1ccc2c3c(ccnc13)C(=O)N(Cc1ccc(C)cc1)C2=O.[2H]CF. The highest BCUT2D eigenvalue weighted by atomic mass is 79.9. The number of benzene rings is 4. The molecule has 0 atom stereocenters. The fourth-order valence-electron chi connectivity index (χ4n) is 6.12. The van der Waals surface area contributed by atoms with Crippen LogP contribution in [0.25, 0.3) is 21.8 Å². The number of ether oxygens (including phenoxy) is 2. The molecule has 272 valence electrons. The summed E-state index contributed by atoms with van der Waals surface area (Å²) in [6.07, 6.45) is 4.39. The van der Waals surface area contributed by atoms with Crippen LogP contribution in [-0.2, 0) is 13.0 Å². The quantitative estimate of drug-likeness (QED) is 0.106. The first kappa shape index (κ1) is 37.1. The monoisotopic (exact) mass is 779 g/mol. The van der Waals surface area contributed by atoms with Gasteiger partial charge in [0.25, 0.3) is 11.8 Å². The summed E-state index contributed by atoms with van der Waals surface area (Å²) >= 11 is 3.54. The van der Waals surface area contributed by atoms with Crippen molar-refractivity contribution < 1.29 is 29.6 Å². The molecule has 0 saturated carbocycles. The maximum Gasteiger partial charge on any atom is 0.261 e. The van der Waals surface area contributed by atoms with Crippen LogP contribution in [0.15, 0.2) is 102 Å². The van der Waals surface area contributed by atoms with Gasteiger partial charge in [0.1, 0.15) is 22.5 Å². The molecular weight excluding hydrogens is 739 g/mol. The van der Waals surface area contributed by atoms with E-state index in [4.69, 9.17) is 10.8 Å². The third-order valence-corrected chi connectivity index (χ3v) is 9.57. The molecule has 0 aliphatic carbocycles. The van der Waals surface area contributed by atoms with Crippen molar-refractivity contribution in [3.63, 3.8) is 0 Å². The molecular formula is C42H40BrFN4O5. The van der Waals surface area contributed by atoms with Crippen molar-refractivity contribution in [1.82, 2.24) is 14.9 Å². The maximum atomic E-state index is 12.9. The van der Waals surface area contributed by atoms with Crippen LogP contribution < -0.4 is 14.4 Å². The second kappa shape index (κ2) is 17.2. The van der Waals surface area contributed by atoms with E-state index in [0.29, 0.717) is 57.5 Å². The Kier molecular flexibility index (Phi) is 12.1. The molecule has 4 aromatic carbocycles. The Labute approximate surface area is 317 Å². The predicted octanol–water partition coefficient (Wildman–Crippen LogP) is 8.82. The number of carbonyl (C=O) groups is 3. The number of Topliss-reactive ketones (excluding diaryl/α,β-unsaturated/α-hetero) is 1. The van der Waals surface area contributed by atoms with Gasteiger partial charge in [0.05, 0.1) is 40.4 Å². The van der Waals surface area contributed by atoms with Crippen molar-refractivity contribution >= 4 is 61.0 Å². The highest BCUT2D eigenvalue weighted by Gasteiger charge is 2.34. The average Bonchev–Trinajstić information content (AvgIpc) is 3.18. The molecule has 0 unspecified atom stereocenters. The number of aryl methyl sites for hydroxylation is 2. The van der Waals surface area contributed by atoms with Crippen molar-refractivity contribution in [3.05, 3.63) is 135 Å². The lowest BCUT2D eigenvalue weighted by Crippen LogP contribution is -2.39. The van der Waals surface area contributed by atoms with Crippen LogP contribution in [0.4, 0.5) is 10.1 Å². The van der Waals surface area contributed by atoms with Crippen LogP contribution in [0.5, 0.6) is 11.5 Å². The smallest absolute Gasteiger partial charge is 0.261 e. The van der Waals surface area contributed by atoms with E-state index in [1.807, 2.05) is 57.4 Å². The first-order valence-electron chi connectivity index (χ1n) is 17.4. The van der Waals surface area contributed by atoms with E-state index in [9.17, 15) is 18.8 Å². The summed E-state index contributed by atoms with van der Waals surface area (Å²) in [6.45, 7) is 2.24. The molecule has 1 aliphatic rings. The van der Waals surface area contributed by atoms with Gasteiger partial charge in [0.2, 0.25) is 0 Å². The Balaban J connectivity index is 0.000000194. The molecule has 0 fully saturated rings. The molecule has 0 saturated heterocycles. The number of pyridine rings is 2. The molecule has 2 aromatic heterocycles. The first-order chi connectivity index (χ1) is 26.0. The van der Waals surface area contributed by atoms with E-state index in [2.05, 4.69) is 55.1 Å². The van der Waals surface area contributed by atoms with Gasteiger partial charge in [-0.15, -0.1) is 0 Å². The third kappa shape index (κ3) is 8.20. The number of nitrogens with zero attached hydrogens (tertiary/aromatic N) is 4. The van der Waals surface area contributed by atoms with Gasteiger partial charge in [-0.1, -0.05) is 57.9 Å². The van der Waals surface area contributed by atoms with E-state index in [1.54, 1.807) is 50.9 Å². The average molecular weight is 781 g/mol. The lowest BCUT2D eigenvalue weighted by Gasteiger charge is -2.27. The molecule has 2 amide bonds. The zero-order chi connectivity index (χ0) is 38.9. The standard InChI is InChI=1S/C21H21BrN2O2.C20H16N2O3.CH3F/c1-24(2)15-7-4-14(5-8-15)6-10-18(25)16-12-13-23-21-19(26-3)11-9-17(22)20(16)21;1-12-3-5-13(6-4-12)11-22-19(23)14-7-8-16(25-2)18-17(14)15(20(22)24)9-10-21-18;1-2/h4-5,7-9,11-13H,6,10H2,1-3H3;3-10H,11H2,1-2H3;1H3/i;;1D. The summed E-state index contributed by atoms with van der Waals surface area (Å²) in [6, 6.07) is 26.7. The van der Waals surface area contributed by atoms with E-state index in [-0.39, 0.29) is 24.1 Å². The van der Waals surface area contributed by atoms with E-state index < -0.39 is 7.15 Å². The minimum atomic E-state index is -1.00. The van der Waals surface area contributed by atoms with Crippen molar-refractivity contribution in [2.45, 2.75) is 26.3 Å². The lowest BCUT2D eigenvalue weighted by atomic mass is 9.96. The van der Waals surface area contributed by atoms with Gasteiger partial charge >= 0.3 is 0 Å². The number of halogens is 2. The van der Waals surface area contributed by atoms with Crippen molar-refractivity contribution in [1.29, 1.82) is 0 Å². The van der Waals surface area contributed by atoms with Crippen LogP contribution in [-0.4, -0.2) is 67.9 Å². The minimum Gasteiger partial charge on any atom is -0.494 e. The minimum absolute atomic E-state index is 0.100. The van der Waals surface area contributed by atoms with E-state index in [0.717, 1.165) is 32.2 Å². The molecule has 6 aromatic rings. The number of anilines is 1. The second-order valence-corrected chi connectivity index (χ2v) is 13.2. The fraction of sp³-hybridized carbons (Fsp3) is 0.214. The van der Waals surface area contributed by atoms with Gasteiger partial charge < -0.3 is 14.4 Å². The number of alkyl halides is 1. The van der Waals surface area contributed by atoms with Crippen LogP contribution in [0, 0.1) is 6.92 Å². The number of hydrogen-bond donors (Lipinski definition) is 0. The summed E-state index contributed by atoms with van der Waals surface area (Å²) in [5.74, 6) is 0.700. The highest BCUT2D eigenvalue weighted by molar-refractivity contribution is 9.10. The van der Waals surface area contributed by atoms with Crippen LogP contribution in [0.2, 0.25) is 0 Å². The van der Waals surface area contributed by atoms with Crippen LogP contribution in [0.3, 0.4) is 0 Å². The molecule has 3 heterocycles. The van der Waals surface area contributed by atoms with Gasteiger partial charge in [-0.05, 0) is 73.0 Å². The summed E-state index contributed by atoms with van der Waals surface area (Å²) in [7, 11) is 6.18. The van der Waals surface area contributed by atoms with E-state index >= 15 is 0 Å². The zero-order valence-corrected chi connectivity index (χ0v) is 31.7. The van der Waals surface area contributed by atoms with E-state index in [1.165, 1.54) is 4.90 Å². The van der Waals surface area contributed by atoms with Gasteiger partial charge in [-0.25, -0.2) is 0 Å². The zero-order valence-electron chi connectivity index (χ0n) is 31.2. The van der Waals surface area contributed by atoms with Gasteiger partial charge in [0.15, 0.2) is 5.78 Å². The molecule has 1 aliphatic heterocycles. The van der Waals surface area contributed by atoms with Crippen LogP contribution >= 0.6 is 15.9 Å². The second-order valence-electron chi connectivity index (χ2n) is 12.4. The number of aromatic nitrogens is 2. The molecule has 11 heteroatoms. The number of amides is 2. The largest absolute Gasteiger partial charge is 0.494 e. The Morgan fingerprint density at radius 2 is 1.34 bits per heavy atom. The molecule has 0 spiro atoms. The molecule has 0 bridgehead atoms. The van der Waals surface area contributed by atoms with Crippen molar-refractivity contribution in [2.24, 2.45) is 0 Å². The van der Waals surface area contributed by atoms with Crippen molar-refractivity contribution in [3.8, 4) is 11.5 Å². The molecule has 53 heavy (non-hydrogen) atoms. The first-order valence-corrected chi connectivity index (χ1v) is 17.5. The Hall–Kier alpha value is -5.68. The Morgan fingerprint density at radius 1 is 0.792 bits per heavy atom. The Morgan fingerprint density at radius 3 is 1.94 bits per heavy atom. The fourth-order valence-corrected chi connectivity index (χ4v) is 6.65. The maximum absolute atomic E-state index is 12.9. The van der Waals surface area contributed by atoms with Gasteiger partial charge in [0, 0.05) is 59.4 Å². The number of carbonyl (C=O) groups excluding carboxylic acids is 3. The predicted molar refractivity (Wildman–Crippen MR) is 210 cm³/mol. The van der Waals surface area contributed by atoms with Crippen molar-refractivity contribution in [2.75, 3.05) is 40.4 Å². The van der Waals surface area contributed by atoms with Gasteiger partial charge in [-0.3, -0.25) is 33.6 Å². The number of hydrogen-bond acceptors (Lipinski definition) is 8. The highest BCUT2D eigenvalue weighted by Crippen LogP contribution is 2.35. The number of fused-ring (bicyclic) bond motifs is 1. The van der Waals surface area contributed by atoms with Crippen LogP contribution in [0.1, 0.15) is 55.6 Å². The summed E-state index contributed by atoms with van der Waals surface area (Å²) in [4.78, 5) is 50.7. The Bertz CT molecular complexity index is 2280. The molecule has 7 rings (SSSR count). The summed E-state index contributed by atoms with van der Waals surface area (Å²) in [5, 5.41) is 1.37. The topological polar surface area (TPSA) is 102 Å². The number of rotatable bonds is 9. The third-order valence-electron chi connectivity index (χ3n) is 8.91. The number of imide groups is 1. The summed E-state index contributed by atoms with van der Waals surface area (Å²) < 4.78 is 27.0. The molecule has 0 N–H and O–H groups in total. The number of methoxy groups -OCH3 is 2. The summed E-state index contributed by atoms with van der Waals surface area (Å²) in [5.41, 5.74) is 7.21. The number of ketones is 1. The normalized spacial score (nSPS) is 12.0. The molecule has 0 radical (unpaired) electrons. The van der Waals surface area contributed by atoms with Gasteiger partial charge in [-0.2, -0.15) is 0 Å². The lowest BCUT2D eigenvalue weighted by molar-refractivity contribution is 0.0597. The molecule has 9 nitrogen and oxygen atoms in total.